The number of amides is 1. The number of carbonyl (C=O) groups is 1. The van der Waals surface area contributed by atoms with Crippen LogP contribution in [0.4, 0.5) is 0 Å². The maximum absolute atomic E-state index is 12.0. The summed E-state index contributed by atoms with van der Waals surface area (Å²) in [5.41, 5.74) is 1.05. The zero-order valence-electron chi connectivity index (χ0n) is 12.6. The van der Waals surface area contributed by atoms with Gasteiger partial charge in [-0.2, -0.15) is 5.10 Å². The maximum atomic E-state index is 12.0. The van der Waals surface area contributed by atoms with Crippen molar-refractivity contribution in [3.05, 3.63) is 47.2 Å². The molecule has 0 aliphatic carbocycles. The van der Waals surface area contributed by atoms with E-state index in [0.717, 1.165) is 12.0 Å². The van der Waals surface area contributed by atoms with Crippen molar-refractivity contribution < 1.29 is 9.53 Å². The van der Waals surface area contributed by atoms with Gasteiger partial charge in [0, 0.05) is 26.2 Å². The second-order valence-electron chi connectivity index (χ2n) is 5.05. The number of benzene rings is 1. The minimum atomic E-state index is 0.124. The number of ether oxygens (including phenoxy) is 1. The van der Waals surface area contributed by atoms with Gasteiger partial charge >= 0.3 is 0 Å². The Balaban J connectivity index is 1.63. The van der Waals surface area contributed by atoms with Gasteiger partial charge in [0.15, 0.2) is 0 Å². The minimum Gasteiger partial charge on any atom is -0.492 e. The molecule has 0 spiro atoms. The first-order chi connectivity index (χ1) is 10.7. The van der Waals surface area contributed by atoms with E-state index >= 15 is 0 Å². The van der Waals surface area contributed by atoms with E-state index in [0.29, 0.717) is 36.8 Å². The van der Waals surface area contributed by atoms with Crippen LogP contribution in [0.25, 0.3) is 0 Å². The summed E-state index contributed by atoms with van der Waals surface area (Å²) < 4.78 is 5.60. The van der Waals surface area contributed by atoms with Crippen molar-refractivity contribution >= 4 is 17.5 Å². The Morgan fingerprint density at radius 3 is 2.95 bits per heavy atom. The first kappa shape index (κ1) is 16.4. The Morgan fingerprint density at radius 2 is 2.23 bits per heavy atom. The van der Waals surface area contributed by atoms with Gasteiger partial charge in [-0.25, -0.2) is 0 Å². The predicted octanol–water partition coefficient (Wildman–Crippen LogP) is 2.92. The van der Waals surface area contributed by atoms with Crippen LogP contribution in [-0.2, 0) is 11.2 Å². The zero-order valence-corrected chi connectivity index (χ0v) is 13.3. The van der Waals surface area contributed by atoms with Crippen molar-refractivity contribution in [3.8, 4) is 5.75 Å². The highest BCUT2D eigenvalue weighted by Gasteiger charge is 2.09. The van der Waals surface area contributed by atoms with Gasteiger partial charge in [0.05, 0.1) is 17.8 Å². The molecule has 0 saturated heterocycles. The second-order valence-corrected chi connectivity index (χ2v) is 5.46. The number of halogens is 1. The van der Waals surface area contributed by atoms with Crippen LogP contribution in [0.5, 0.6) is 5.75 Å². The molecule has 2 aromatic rings. The maximum Gasteiger partial charge on any atom is 0.222 e. The Labute approximate surface area is 135 Å². The molecule has 0 radical (unpaired) electrons. The number of aryl methyl sites for hydroxylation is 1. The predicted molar refractivity (Wildman–Crippen MR) is 86.1 cm³/mol. The third-order valence-corrected chi connectivity index (χ3v) is 3.65. The number of aromatic amines is 1. The summed E-state index contributed by atoms with van der Waals surface area (Å²) in [6, 6.07) is 7.37. The van der Waals surface area contributed by atoms with Gasteiger partial charge in [-0.3, -0.25) is 9.89 Å². The monoisotopic (exact) mass is 321 g/mol. The molecule has 6 heteroatoms. The van der Waals surface area contributed by atoms with Gasteiger partial charge in [-0.05, 0) is 30.5 Å². The van der Waals surface area contributed by atoms with Crippen molar-refractivity contribution in [1.29, 1.82) is 0 Å². The van der Waals surface area contributed by atoms with Gasteiger partial charge < -0.3 is 9.64 Å². The largest absolute Gasteiger partial charge is 0.492 e. The highest BCUT2D eigenvalue weighted by molar-refractivity contribution is 6.32. The van der Waals surface area contributed by atoms with Gasteiger partial charge in [0.25, 0.3) is 0 Å². The van der Waals surface area contributed by atoms with Crippen molar-refractivity contribution in [1.82, 2.24) is 15.1 Å². The SMILES string of the molecule is CN(CCCOc1ccccc1Cl)C(=O)CCc1cn[nH]c1. The Hall–Kier alpha value is -2.01. The number of nitrogens with zero attached hydrogens (tertiary/aromatic N) is 2. The molecule has 0 aliphatic rings. The molecular formula is C16H20ClN3O2. The van der Waals surface area contributed by atoms with E-state index in [1.54, 1.807) is 17.2 Å². The molecule has 1 amide bonds. The van der Waals surface area contributed by atoms with Crippen molar-refractivity contribution in [2.45, 2.75) is 19.3 Å². The van der Waals surface area contributed by atoms with E-state index in [9.17, 15) is 4.79 Å². The van der Waals surface area contributed by atoms with Crippen LogP contribution in [0.3, 0.4) is 0 Å². The summed E-state index contributed by atoms with van der Waals surface area (Å²) in [6.45, 7) is 1.19. The highest BCUT2D eigenvalue weighted by Crippen LogP contribution is 2.23. The summed E-state index contributed by atoms with van der Waals surface area (Å²) in [4.78, 5) is 13.7. The van der Waals surface area contributed by atoms with Gasteiger partial charge in [-0.1, -0.05) is 23.7 Å². The molecule has 2 rings (SSSR count). The average molecular weight is 322 g/mol. The number of H-pyrrole nitrogens is 1. The van der Waals surface area contributed by atoms with Gasteiger partial charge in [0.2, 0.25) is 5.91 Å². The number of rotatable bonds is 8. The number of nitrogens with one attached hydrogen (secondary N) is 1. The fraction of sp³-hybridized carbons (Fsp3) is 0.375. The lowest BCUT2D eigenvalue weighted by Crippen LogP contribution is -2.28. The molecule has 1 aromatic carbocycles. The number of hydrogen-bond acceptors (Lipinski definition) is 3. The molecule has 0 aliphatic heterocycles. The van der Waals surface area contributed by atoms with E-state index in [1.807, 2.05) is 31.4 Å². The fourth-order valence-electron chi connectivity index (χ4n) is 2.03. The fourth-order valence-corrected chi connectivity index (χ4v) is 2.22. The molecule has 0 bridgehead atoms. The Kier molecular flexibility index (Phi) is 6.27. The normalized spacial score (nSPS) is 10.5. The molecule has 0 fully saturated rings. The molecular weight excluding hydrogens is 302 g/mol. The van der Waals surface area contributed by atoms with Crippen LogP contribution in [0.15, 0.2) is 36.7 Å². The second kappa shape index (κ2) is 8.44. The third-order valence-electron chi connectivity index (χ3n) is 3.34. The molecule has 0 atom stereocenters. The van der Waals surface area contributed by atoms with E-state index < -0.39 is 0 Å². The van der Waals surface area contributed by atoms with Crippen molar-refractivity contribution in [2.75, 3.05) is 20.2 Å². The lowest BCUT2D eigenvalue weighted by molar-refractivity contribution is -0.129. The number of carbonyl (C=O) groups excluding carboxylic acids is 1. The zero-order chi connectivity index (χ0) is 15.8. The van der Waals surface area contributed by atoms with E-state index in [-0.39, 0.29) is 5.91 Å². The van der Waals surface area contributed by atoms with E-state index in [2.05, 4.69) is 10.2 Å². The average Bonchev–Trinajstić information content (AvgIpc) is 3.04. The molecule has 1 heterocycles. The standard InChI is InChI=1S/C16H20ClN3O2/c1-20(16(21)8-7-13-11-18-19-12-13)9-4-10-22-15-6-3-2-5-14(15)17/h2-3,5-6,11-12H,4,7-10H2,1H3,(H,18,19). The van der Waals surface area contributed by atoms with Gasteiger partial charge in [-0.15, -0.1) is 0 Å². The van der Waals surface area contributed by atoms with Crippen LogP contribution < -0.4 is 4.74 Å². The van der Waals surface area contributed by atoms with Crippen LogP contribution in [-0.4, -0.2) is 41.2 Å². The summed E-state index contributed by atoms with van der Waals surface area (Å²) in [5.74, 6) is 0.803. The third kappa shape index (κ3) is 5.07. The van der Waals surface area contributed by atoms with E-state index in [4.69, 9.17) is 16.3 Å². The quantitative estimate of drug-likeness (QED) is 0.760. The van der Waals surface area contributed by atoms with Crippen molar-refractivity contribution in [3.63, 3.8) is 0 Å². The van der Waals surface area contributed by atoms with Crippen LogP contribution in [0.2, 0.25) is 5.02 Å². The highest BCUT2D eigenvalue weighted by atomic mass is 35.5. The summed E-state index contributed by atoms with van der Waals surface area (Å²) in [7, 11) is 1.81. The minimum absolute atomic E-state index is 0.124. The molecule has 0 unspecified atom stereocenters. The first-order valence-electron chi connectivity index (χ1n) is 7.26. The topological polar surface area (TPSA) is 58.2 Å². The first-order valence-corrected chi connectivity index (χ1v) is 7.63. The number of aromatic nitrogens is 2. The number of hydrogen-bond donors (Lipinski definition) is 1. The van der Waals surface area contributed by atoms with Crippen molar-refractivity contribution in [2.24, 2.45) is 0 Å². The summed E-state index contributed by atoms with van der Waals surface area (Å²) in [6.07, 6.45) is 5.51. The lowest BCUT2D eigenvalue weighted by Gasteiger charge is -2.17. The summed E-state index contributed by atoms with van der Waals surface area (Å²) >= 11 is 6.01. The van der Waals surface area contributed by atoms with Crippen LogP contribution in [0.1, 0.15) is 18.4 Å². The number of para-hydroxylation sites is 1. The summed E-state index contributed by atoms with van der Waals surface area (Å²) in [5, 5.41) is 7.21. The van der Waals surface area contributed by atoms with Crippen LogP contribution >= 0.6 is 11.6 Å². The molecule has 5 nitrogen and oxygen atoms in total. The molecule has 22 heavy (non-hydrogen) atoms. The Bertz CT molecular complexity index is 587. The van der Waals surface area contributed by atoms with Crippen LogP contribution in [0, 0.1) is 0 Å². The van der Waals surface area contributed by atoms with E-state index in [1.165, 1.54) is 0 Å². The molecule has 118 valence electrons. The molecule has 0 saturated carbocycles. The molecule has 1 N–H and O–H groups in total. The van der Waals surface area contributed by atoms with Gasteiger partial charge in [0.1, 0.15) is 5.75 Å². The smallest absolute Gasteiger partial charge is 0.222 e. The lowest BCUT2D eigenvalue weighted by atomic mass is 10.2. The molecule has 1 aromatic heterocycles. The Morgan fingerprint density at radius 1 is 1.41 bits per heavy atom.